The number of carbonyl (C=O) groups is 2. The largest absolute Gasteiger partial charge is 0.367 e. The molecule has 0 bridgehead atoms. The lowest BCUT2D eigenvalue weighted by atomic mass is 9.58. The Labute approximate surface area is 170 Å². The molecule has 1 spiro atoms. The van der Waals surface area contributed by atoms with Crippen LogP contribution in [0.2, 0.25) is 5.02 Å². The molecule has 0 amide bonds. The van der Waals surface area contributed by atoms with Gasteiger partial charge in [0.05, 0.1) is 0 Å². The van der Waals surface area contributed by atoms with Crippen LogP contribution in [0.1, 0.15) is 49.1 Å². The summed E-state index contributed by atoms with van der Waals surface area (Å²) in [6.45, 7) is 0.847. The molecule has 2 fully saturated rings. The molecule has 0 radical (unpaired) electrons. The van der Waals surface area contributed by atoms with Crippen LogP contribution in [0.5, 0.6) is 0 Å². The number of piperidine rings is 1. The van der Waals surface area contributed by atoms with Crippen LogP contribution >= 0.6 is 11.6 Å². The third kappa shape index (κ3) is 2.63. The Kier molecular flexibility index (Phi) is 4.31. The molecule has 2 heterocycles. The minimum atomic E-state index is -0.882. The molecule has 0 unspecified atom stereocenters. The molecule has 2 atom stereocenters. The molecule has 1 aliphatic carbocycles. The first kappa shape index (κ1) is 17.9. The standard InChI is InChI=1S/C24H24ClNO2/c25-19-10-9-18-15-24(22(27)7-4-8-23(24)28)21-13-17(16-5-2-1-3-6-16)11-12-26(21)20(18)14-19/h1-3,5-6,9-10,14,17,21H,4,7-8,11-13,15H2/t17-,21+/m0/s1. The third-order valence-corrected chi connectivity index (χ3v) is 7.31. The second kappa shape index (κ2) is 6.73. The quantitative estimate of drug-likeness (QED) is 0.643. The topological polar surface area (TPSA) is 37.4 Å². The van der Waals surface area contributed by atoms with Crippen LogP contribution in [0.15, 0.2) is 48.5 Å². The van der Waals surface area contributed by atoms with Crippen molar-refractivity contribution in [3.8, 4) is 0 Å². The Morgan fingerprint density at radius 2 is 1.75 bits per heavy atom. The van der Waals surface area contributed by atoms with Crippen molar-refractivity contribution in [2.75, 3.05) is 11.4 Å². The van der Waals surface area contributed by atoms with Crippen LogP contribution in [-0.2, 0) is 16.0 Å². The van der Waals surface area contributed by atoms with E-state index in [4.69, 9.17) is 11.6 Å². The molecule has 5 rings (SSSR count). The molecule has 0 aromatic heterocycles. The Hall–Kier alpha value is -2.13. The van der Waals surface area contributed by atoms with Crippen molar-refractivity contribution in [2.24, 2.45) is 5.41 Å². The van der Waals surface area contributed by atoms with Gasteiger partial charge in [-0.05, 0) is 54.9 Å². The van der Waals surface area contributed by atoms with Gasteiger partial charge >= 0.3 is 0 Å². The predicted molar refractivity (Wildman–Crippen MR) is 111 cm³/mol. The second-order valence-electron chi connectivity index (χ2n) is 8.46. The molecule has 2 aromatic rings. The number of anilines is 1. The fourth-order valence-corrected chi connectivity index (χ4v) is 5.87. The van der Waals surface area contributed by atoms with E-state index in [-0.39, 0.29) is 17.6 Å². The maximum Gasteiger partial charge on any atom is 0.148 e. The molecule has 2 aromatic carbocycles. The fraction of sp³-hybridized carbons (Fsp3) is 0.417. The van der Waals surface area contributed by atoms with E-state index in [0.717, 1.165) is 30.6 Å². The van der Waals surface area contributed by atoms with E-state index in [1.807, 2.05) is 24.3 Å². The molecule has 0 N–H and O–H groups in total. The Morgan fingerprint density at radius 3 is 2.50 bits per heavy atom. The molecule has 4 heteroatoms. The number of nitrogens with zero attached hydrogens (tertiary/aromatic N) is 1. The highest BCUT2D eigenvalue weighted by Crippen LogP contribution is 2.51. The van der Waals surface area contributed by atoms with Crippen LogP contribution < -0.4 is 4.90 Å². The van der Waals surface area contributed by atoms with Crippen molar-refractivity contribution in [1.29, 1.82) is 0 Å². The average molecular weight is 394 g/mol. The molecule has 28 heavy (non-hydrogen) atoms. The number of rotatable bonds is 1. The van der Waals surface area contributed by atoms with E-state index in [2.05, 4.69) is 29.2 Å². The monoisotopic (exact) mass is 393 g/mol. The van der Waals surface area contributed by atoms with Gasteiger partial charge in [0, 0.05) is 36.1 Å². The van der Waals surface area contributed by atoms with Gasteiger partial charge in [0.2, 0.25) is 0 Å². The van der Waals surface area contributed by atoms with Crippen LogP contribution in [-0.4, -0.2) is 24.2 Å². The van der Waals surface area contributed by atoms with Gasteiger partial charge in [-0.15, -0.1) is 0 Å². The maximum absolute atomic E-state index is 13.3. The predicted octanol–water partition coefficient (Wildman–Crippen LogP) is 4.96. The van der Waals surface area contributed by atoms with E-state index < -0.39 is 5.41 Å². The first-order valence-electron chi connectivity index (χ1n) is 10.3. The van der Waals surface area contributed by atoms with Crippen LogP contribution in [0.4, 0.5) is 5.69 Å². The van der Waals surface area contributed by atoms with Gasteiger partial charge in [0.15, 0.2) is 0 Å². The fourth-order valence-electron chi connectivity index (χ4n) is 5.70. The lowest BCUT2D eigenvalue weighted by molar-refractivity contribution is -0.146. The van der Waals surface area contributed by atoms with Gasteiger partial charge in [-0.25, -0.2) is 0 Å². The van der Waals surface area contributed by atoms with E-state index in [1.54, 1.807) is 0 Å². The van der Waals surface area contributed by atoms with Gasteiger partial charge in [0.25, 0.3) is 0 Å². The van der Waals surface area contributed by atoms with Crippen LogP contribution in [0.25, 0.3) is 0 Å². The maximum atomic E-state index is 13.3. The summed E-state index contributed by atoms with van der Waals surface area (Å²) in [6.07, 6.45) is 4.13. The first-order chi connectivity index (χ1) is 13.6. The highest BCUT2D eigenvalue weighted by atomic mass is 35.5. The molecule has 3 nitrogen and oxygen atoms in total. The zero-order valence-electron chi connectivity index (χ0n) is 15.9. The smallest absolute Gasteiger partial charge is 0.148 e. The summed E-state index contributed by atoms with van der Waals surface area (Å²) in [5, 5.41) is 0.708. The molecule has 3 aliphatic rings. The van der Waals surface area contributed by atoms with E-state index in [9.17, 15) is 9.59 Å². The SMILES string of the molecule is O=C1CCCC(=O)C12Cc1ccc(Cl)cc1N1CC[C@H](c3ccccc3)C[C@@H]12. The summed E-state index contributed by atoms with van der Waals surface area (Å²) in [6, 6.07) is 16.4. The molecule has 144 valence electrons. The zero-order valence-corrected chi connectivity index (χ0v) is 16.6. The lowest BCUT2D eigenvalue weighted by Crippen LogP contribution is -2.63. The molecule has 2 aliphatic heterocycles. The van der Waals surface area contributed by atoms with Crippen molar-refractivity contribution >= 4 is 28.9 Å². The number of carbonyl (C=O) groups excluding carboxylic acids is 2. The zero-order chi connectivity index (χ0) is 19.3. The van der Waals surface area contributed by atoms with Gasteiger partial charge < -0.3 is 4.90 Å². The molecular formula is C24H24ClNO2. The van der Waals surface area contributed by atoms with Crippen molar-refractivity contribution in [3.05, 3.63) is 64.7 Å². The summed E-state index contributed by atoms with van der Waals surface area (Å²) in [5.41, 5.74) is 2.63. The van der Waals surface area contributed by atoms with Crippen molar-refractivity contribution < 1.29 is 9.59 Å². The van der Waals surface area contributed by atoms with Crippen molar-refractivity contribution in [1.82, 2.24) is 0 Å². The number of benzene rings is 2. The number of hydrogen-bond donors (Lipinski definition) is 0. The summed E-state index contributed by atoms with van der Waals surface area (Å²) in [4.78, 5) is 28.9. The number of hydrogen-bond acceptors (Lipinski definition) is 3. The minimum absolute atomic E-state index is 0.0716. The Balaban J connectivity index is 1.62. The number of Topliss-reactive ketones (excluding diaryl/α,β-unsaturated/α-hetero) is 2. The van der Waals surface area contributed by atoms with Gasteiger partial charge in [-0.2, -0.15) is 0 Å². The first-order valence-corrected chi connectivity index (χ1v) is 10.6. The normalized spacial score (nSPS) is 26.1. The van der Waals surface area contributed by atoms with Crippen molar-refractivity contribution in [2.45, 2.75) is 50.5 Å². The summed E-state index contributed by atoms with van der Waals surface area (Å²) in [5.74, 6) is 0.670. The van der Waals surface area contributed by atoms with Crippen molar-refractivity contribution in [3.63, 3.8) is 0 Å². The average Bonchev–Trinajstić information content (AvgIpc) is 2.72. The van der Waals surface area contributed by atoms with E-state index >= 15 is 0 Å². The highest BCUT2D eigenvalue weighted by Gasteiger charge is 2.58. The molecule has 1 saturated carbocycles. The highest BCUT2D eigenvalue weighted by molar-refractivity contribution is 6.31. The number of ketones is 2. The van der Waals surface area contributed by atoms with Gasteiger partial charge in [-0.1, -0.05) is 48.0 Å². The summed E-state index contributed by atoms with van der Waals surface area (Å²) in [7, 11) is 0. The van der Waals surface area contributed by atoms with Crippen LogP contribution in [0, 0.1) is 5.41 Å². The summed E-state index contributed by atoms with van der Waals surface area (Å²) >= 11 is 6.31. The number of halogens is 1. The minimum Gasteiger partial charge on any atom is -0.367 e. The lowest BCUT2D eigenvalue weighted by Gasteiger charge is -2.54. The van der Waals surface area contributed by atoms with E-state index in [1.165, 1.54) is 5.56 Å². The van der Waals surface area contributed by atoms with Gasteiger partial charge in [0.1, 0.15) is 17.0 Å². The van der Waals surface area contributed by atoms with Crippen LogP contribution in [0.3, 0.4) is 0 Å². The number of fused-ring (bicyclic) bond motifs is 4. The summed E-state index contributed by atoms with van der Waals surface area (Å²) < 4.78 is 0. The Morgan fingerprint density at radius 1 is 1.00 bits per heavy atom. The second-order valence-corrected chi connectivity index (χ2v) is 8.90. The van der Waals surface area contributed by atoms with E-state index in [0.29, 0.717) is 36.6 Å². The van der Waals surface area contributed by atoms with Gasteiger partial charge in [-0.3, -0.25) is 9.59 Å². The molecule has 1 saturated heterocycles. The Bertz CT molecular complexity index is 923. The molecular weight excluding hydrogens is 370 g/mol. The third-order valence-electron chi connectivity index (χ3n) is 7.07.